The Morgan fingerprint density at radius 2 is 1.96 bits per heavy atom. The van der Waals surface area contributed by atoms with E-state index in [2.05, 4.69) is 5.32 Å². The maximum atomic E-state index is 12.4. The molecule has 132 valence electrons. The fraction of sp³-hybridized carbons (Fsp3) is 0.105. The zero-order valence-corrected chi connectivity index (χ0v) is 14.7. The number of para-hydroxylation sites is 1. The van der Waals surface area contributed by atoms with E-state index >= 15 is 0 Å². The first-order valence-electron chi connectivity index (χ1n) is 7.84. The van der Waals surface area contributed by atoms with Crippen molar-refractivity contribution >= 4 is 40.6 Å². The predicted molar refractivity (Wildman–Crippen MR) is 101 cm³/mol. The SMILES string of the molecule is Cc1cccc(NC(=O)CN2C(=O)S/C(=C\c3ccccc3O)C2=O)c1. The molecular formula is C19H16N2O4S. The summed E-state index contributed by atoms with van der Waals surface area (Å²) in [5.41, 5.74) is 2.02. The Kier molecular flexibility index (Phi) is 5.09. The number of carbonyl (C=O) groups is 3. The number of amides is 3. The average molecular weight is 368 g/mol. The van der Waals surface area contributed by atoms with E-state index < -0.39 is 17.1 Å². The number of nitrogens with zero attached hydrogens (tertiary/aromatic N) is 1. The van der Waals surface area contributed by atoms with Crippen LogP contribution in [0.15, 0.2) is 53.4 Å². The third kappa shape index (κ3) is 3.94. The second-order valence-corrected chi connectivity index (χ2v) is 6.74. The number of hydrogen-bond donors (Lipinski definition) is 2. The molecule has 0 bridgehead atoms. The van der Waals surface area contributed by atoms with Crippen LogP contribution in [-0.4, -0.2) is 33.6 Å². The first kappa shape index (κ1) is 17.8. The summed E-state index contributed by atoms with van der Waals surface area (Å²) in [7, 11) is 0. The number of imide groups is 1. The summed E-state index contributed by atoms with van der Waals surface area (Å²) in [4.78, 5) is 37.7. The number of thioether (sulfide) groups is 1. The molecule has 6 nitrogen and oxygen atoms in total. The van der Waals surface area contributed by atoms with Gasteiger partial charge in [0.2, 0.25) is 5.91 Å². The number of benzene rings is 2. The van der Waals surface area contributed by atoms with E-state index in [9.17, 15) is 19.5 Å². The normalized spacial score (nSPS) is 15.6. The largest absolute Gasteiger partial charge is 0.507 e. The van der Waals surface area contributed by atoms with E-state index in [0.717, 1.165) is 22.2 Å². The van der Waals surface area contributed by atoms with Gasteiger partial charge < -0.3 is 10.4 Å². The lowest BCUT2D eigenvalue weighted by atomic mass is 10.2. The van der Waals surface area contributed by atoms with Crippen LogP contribution in [0.4, 0.5) is 10.5 Å². The van der Waals surface area contributed by atoms with E-state index in [0.29, 0.717) is 11.3 Å². The van der Waals surface area contributed by atoms with Gasteiger partial charge in [0.15, 0.2) is 0 Å². The molecule has 1 saturated heterocycles. The molecule has 7 heteroatoms. The first-order chi connectivity index (χ1) is 12.4. The molecule has 1 heterocycles. The number of hydrogen-bond acceptors (Lipinski definition) is 5. The number of phenols is 1. The topological polar surface area (TPSA) is 86.7 Å². The van der Waals surface area contributed by atoms with Crippen molar-refractivity contribution in [3.8, 4) is 5.75 Å². The van der Waals surface area contributed by atoms with Crippen LogP contribution < -0.4 is 5.32 Å². The van der Waals surface area contributed by atoms with Crippen LogP contribution in [0.2, 0.25) is 0 Å². The Hall–Kier alpha value is -3.06. The third-order valence-corrected chi connectivity index (χ3v) is 4.61. The lowest BCUT2D eigenvalue weighted by molar-refractivity contribution is -0.127. The Morgan fingerprint density at radius 3 is 2.69 bits per heavy atom. The quantitative estimate of drug-likeness (QED) is 0.808. The lowest BCUT2D eigenvalue weighted by Crippen LogP contribution is -2.36. The van der Waals surface area contributed by atoms with Crippen molar-refractivity contribution in [3.05, 3.63) is 64.6 Å². The van der Waals surface area contributed by atoms with Gasteiger partial charge in [-0.25, -0.2) is 0 Å². The summed E-state index contributed by atoms with van der Waals surface area (Å²) in [5, 5.41) is 11.9. The molecule has 0 atom stereocenters. The van der Waals surface area contributed by atoms with Gasteiger partial charge in [0.05, 0.1) is 4.91 Å². The van der Waals surface area contributed by atoms with Crippen LogP contribution in [0.5, 0.6) is 5.75 Å². The summed E-state index contributed by atoms with van der Waals surface area (Å²) in [6, 6.07) is 13.7. The summed E-state index contributed by atoms with van der Waals surface area (Å²) in [6.45, 7) is 1.53. The molecule has 0 unspecified atom stereocenters. The smallest absolute Gasteiger partial charge is 0.294 e. The van der Waals surface area contributed by atoms with Gasteiger partial charge in [0, 0.05) is 11.3 Å². The number of anilines is 1. The molecule has 2 N–H and O–H groups in total. The number of nitrogens with one attached hydrogen (secondary N) is 1. The molecule has 2 aromatic rings. The average Bonchev–Trinajstić information content (AvgIpc) is 2.84. The van der Waals surface area contributed by atoms with Gasteiger partial charge in [-0.3, -0.25) is 19.3 Å². The number of phenolic OH excluding ortho intramolecular Hbond substituents is 1. The predicted octanol–water partition coefficient (Wildman–Crippen LogP) is 3.38. The van der Waals surface area contributed by atoms with Crippen molar-refractivity contribution in [1.29, 1.82) is 0 Å². The molecule has 1 aliphatic rings. The highest BCUT2D eigenvalue weighted by molar-refractivity contribution is 8.18. The summed E-state index contributed by atoms with van der Waals surface area (Å²) >= 11 is 0.743. The van der Waals surface area contributed by atoms with Crippen molar-refractivity contribution in [1.82, 2.24) is 4.90 Å². The van der Waals surface area contributed by atoms with Gasteiger partial charge in [-0.05, 0) is 48.5 Å². The molecule has 0 aromatic heterocycles. The van der Waals surface area contributed by atoms with Crippen molar-refractivity contribution in [2.24, 2.45) is 0 Å². The van der Waals surface area contributed by atoms with Crippen LogP contribution in [0.1, 0.15) is 11.1 Å². The molecule has 26 heavy (non-hydrogen) atoms. The molecule has 3 rings (SSSR count). The van der Waals surface area contributed by atoms with Gasteiger partial charge in [0.25, 0.3) is 11.1 Å². The summed E-state index contributed by atoms with van der Waals surface area (Å²) in [6.07, 6.45) is 1.44. The molecule has 1 aliphatic heterocycles. The molecule has 0 radical (unpaired) electrons. The van der Waals surface area contributed by atoms with Crippen LogP contribution in [0, 0.1) is 6.92 Å². The van der Waals surface area contributed by atoms with Crippen LogP contribution in [0.3, 0.4) is 0 Å². The van der Waals surface area contributed by atoms with Crippen molar-refractivity contribution in [2.45, 2.75) is 6.92 Å². The van der Waals surface area contributed by atoms with Crippen molar-refractivity contribution in [2.75, 3.05) is 11.9 Å². The number of carbonyl (C=O) groups excluding carboxylic acids is 3. The Morgan fingerprint density at radius 1 is 1.19 bits per heavy atom. The monoisotopic (exact) mass is 368 g/mol. The maximum absolute atomic E-state index is 12.4. The highest BCUT2D eigenvalue weighted by atomic mass is 32.2. The summed E-state index contributed by atoms with van der Waals surface area (Å²) < 4.78 is 0. The Bertz CT molecular complexity index is 923. The molecule has 0 spiro atoms. The standard InChI is InChI=1S/C19H16N2O4S/c1-12-5-4-7-14(9-12)20-17(23)11-21-18(24)16(26-19(21)25)10-13-6-2-3-8-15(13)22/h2-10,22H,11H2,1H3,(H,20,23)/b16-10-. The van der Waals surface area contributed by atoms with Gasteiger partial charge in [0.1, 0.15) is 12.3 Å². The zero-order valence-electron chi connectivity index (χ0n) is 13.9. The minimum Gasteiger partial charge on any atom is -0.507 e. The van der Waals surface area contributed by atoms with Crippen LogP contribution in [0.25, 0.3) is 6.08 Å². The third-order valence-electron chi connectivity index (χ3n) is 3.70. The molecule has 3 amide bonds. The fourth-order valence-electron chi connectivity index (χ4n) is 2.45. The lowest BCUT2D eigenvalue weighted by Gasteiger charge is -2.12. The number of rotatable bonds is 4. The highest BCUT2D eigenvalue weighted by Gasteiger charge is 2.36. The molecule has 0 saturated carbocycles. The Balaban J connectivity index is 1.71. The first-order valence-corrected chi connectivity index (χ1v) is 8.65. The minimum absolute atomic E-state index is 0.0106. The van der Waals surface area contributed by atoms with Crippen molar-refractivity contribution in [3.63, 3.8) is 0 Å². The van der Waals surface area contributed by atoms with Crippen LogP contribution in [-0.2, 0) is 9.59 Å². The molecular weight excluding hydrogens is 352 g/mol. The van der Waals surface area contributed by atoms with Crippen LogP contribution >= 0.6 is 11.8 Å². The zero-order chi connectivity index (χ0) is 18.7. The second-order valence-electron chi connectivity index (χ2n) is 5.74. The van der Waals surface area contributed by atoms with Gasteiger partial charge >= 0.3 is 0 Å². The van der Waals surface area contributed by atoms with Gasteiger partial charge in [-0.2, -0.15) is 0 Å². The Labute approximate surface area is 154 Å². The van der Waals surface area contributed by atoms with Gasteiger partial charge in [-0.1, -0.05) is 30.3 Å². The minimum atomic E-state index is -0.553. The molecule has 1 fully saturated rings. The summed E-state index contributed by atoms with van der Waals surface area (Å²) in [5.74, 6) is -0.999. The van der Waals surface area contributed by atoms with E-state index in [1.807, 2.05) is 13.0 Å². The van der Waals surface area contributed by atoms with E-state index in [1.165, 1.54) is 12.1 Å². The van der Waals surface area contributed by atoms with Gasteiger partial charge in [-0.15, -0.1) is 0 Å². The molecule has 2 aromatic carbocycles. The highest BCUT2D eigenvalue weighted by Crippen LogP contribution is 2.33. The van der Waals surface area contributed by atoms with E-state index in [-0.39, 0.29) is 17.2 Å². The van der Waals surface area contributed by atoms with E-state index in [1.54, 1.807) is 36.4 Å². The van der Waals surface area contributed by atoms with Crippen molar-refractivity contribution < 1.29 is 19.5 Å². The second kappa shape index (κ2) is 7.45. The molecule has 0 aliphatic carbocycles. The van der Waals surface area contributed by atoms with E-state index in [4.69, 9.17) is 0 Å². The number of aryl methyl sites for hydroxylation is 1. The number of aromatic hydroxyl groups is 1. The maximum Gasteiger partial charge on any atom is 0.294 e. The fourth-order valence-corrected chi connectivity index (χ4v) is 3.28.